The maximum atomic E-state index is 5.63. The summed E-state index contributed by atoms with van der Waals surface area (Å²) < 4.78 is 11.1. The molecule has 0 spiro atoms. The number of rotatable bonds is 3. The minimum Gasteiger partial charge on any atom is -0.494 e. The minimum absolute atomic E-state index is 0.609. The lowest BCUT2D eigenvalue weighted by atomic mass is 10.0. The number of para-hydroxylation sites is 1. The Labute approximate surface area is 118 Å². The molecule has 0 bridgehead atoms. The zero-order valence-corrected chi connectivity index (χ0v) is 11.6. The minimum atomic E-state index is 0.609. The SMILES string of the molecule is COc1cccc2c(NC3CC3)c3c(nc12)CCOC3. The molecule has 2 aromatic rings. The first-order valence-electron chi connectivity index (χ1n) is 7.19. The van der Waals surface area contributed by atoms with Crippen LogP contribution in [-0.2, 0) is 17.8 Å². The van der Waals surface area contributed by atoms with E-state index in [4.69, 9.17) is 14.5 Å². The first-order valence-corrected chi connectivity index (χ1v) is 7.19. The van der Waals surface area contributed by atoms with Gasteiger partial charge in [0.25, 0.3) is 0 Å². The normalized spacial score (nSPS) is 17.9. The van der Waals surface area contributed by atoms with Gasteiger partial charge in [-0.2, -0.15) is 0 Å². The summed E-state index contributed by atoms with van der Waals surface area (Å²) in [6, 6.07) is 6.72. The van der Waals surface area contributed by atoms with Gasteiger partial charge in [0.2, 0.25) is 0 Å². The summed E-state index contributed by atoms with van der Waals surface area (Å²) in [6.07, 6.45) is 3.38. The maximum absolute atomic E-state index is 5.63. The molecule has 0 radical (unpaired) electrons. The summed E-state index contributed by atoms with van der Waals surface area (Å²) in [4.78, 5) is 4.83. The molecule has 4 rings (SSSR count). The first kappa shape index (κ1) is 12.0. The van der Waals surface area contributed by atoms with E-state index in [2.05, 4.69) is 11.4 Å². The molecule has 104 valence electrons. The van der Waals surface area contributed by atoms with Crippen molar-refractivity contribution in [3.63, 3.8) is 0 Å². The van der Waals surface area contributed by atoms with Crippen LogP contribution in [0, 0.1) is 0 Å². The summed E-state index contributed by atoms with van der Waals surface area (Å²) in [5.41, 5.74) is 4.53. The summed E-state index contributed by atoms with van der Waals surface area (Å²) in [6.45, 7) is 1.41. The van der Waals surface area contributed by atoms with Crippen LogP contribution in [0.2, 0.25) is 0 Å². The van der Waals surface area contributed by atoms with E-state index >= 15 is 0 Å². The molecule has 0 amide bonds. The lowest BCUT2D eigenvalue weighted by molar-refractivity contribution is 0.110. The largest absolute Gasteiger partial charge is 0.494 e. The van der Waals surface area contributed by atoms with Crippen LogP contribution in [0.3, 0.4) is 0 Å². The van der Waals surface area contributed by atoms with Gasteiger partial charge < -0.3 is 14.8 Å². The van der Waals surface area contributed by atoms with Crippen LogP contribution in [0.15, 0.2) is 18.2 Å². The standard InChI is InChI=1S/C16H18N2O2/c1-19-14-4-2-3-11-15(17-10-5-6-10)12-9-20-8-7-13(12)18-16(11)14/h2-4,10H,5-9H2,1H3,(H,17,18). The second-order valence-corrected chi connectivity index (χ2v) is 5.49. The molecule has 1 N–H and O–H groups in total. The summed E-state index contributed by atoms with van der Waals surface area (Å²) in [5.74, 6) is 0.843. The number of methoxy groups -OCH3 is 1. The third-order valence-electron chi connectivity index (χ3n) is 4.04. The van der Waals surface area contributed by atoms with Gasteiger partial charge >= 0.3 is 0 Å². The summed E-state index contributed by atoms with van der Waals surface area (Å²) >= 11 is 0. The average molecular weight is 270 g/mol. The predicted octanol–water partition coefficient (Wildman–Crippen LogP) is 2.89. The smallest absolute Gasteiger partial charge is 0.145 e. The third-order valence-corrected chi connectivity index (χ3v) is 4.04. The molecule has 0 unspecified atom stereocenters. The van der Waals surface area contributed by atoms with Gasteiger partial charge in [-0.05, 0) is 18.9 Å². The third kappa shape index (κ3) is 1.91. The highest BCUT2D eigenvalue weighted by molar-refractivity contribution is 5.97. The van der Waals surface area contributed by atoms with Gasteiger partial charge in [-0.25, -0.2) is 4.98 Å². The molecule has 1 fully saturated rings. The van der Waals surface area contributed by atoms with E-state index in [-0.39, 0.29) is 0 Å². The number of fused-ring (bicyclic) bond motifs is 2. The average Bonchev–Trinajstić information content (AvgIpc) is 3.30. The number of aromatic nitrogens is 1. The van der Waals surface area contributed by atoms with Crippen molar-refractivity contribution in [2.45, 2.75) is 31.9 Å². The zero-order chi connectivity index (χ0) is 13.5. The molecule has 2 aliphatic rings. The molecule has 4 heteroatoms. The molecular formula is C16H18N2O2. The number of benzene rings is 1. The predicted molar refractivity (Wildman–Crippen MR) is 78.3 cm³/mol. The molecule has 1 saturated carbocycles. The Kier molecular flexibility index (Phi) is 2.77. The van der Waals surface area contributed by atoms with E-state index in [1.54, 1.807) is 7.11 Å². The Hall–Kier alpha value is -1.81. The van der Waals surface area contributed by atoms with Gasteiger partial charge in [0, 0.05) is 23.4 Å². The van der Waals surface area contributed by atoms with Crippen molar-refractivity contribution in [2.24, 2.45) is 0 Å². The van der Waals surface area contributed by atoms with Crippen LogP contribution >= 0.6 is 0 Å². The van der Waals surface area contributed by atoms with Gasteiger partial charge in [0.1, 0.15) is 11.3 Å². The number of hydrogen-bond donors (Lipinski definition) is 1. The molecule has 1 aromatic heterocycles. The van der Waals surface area contributed by atoms with Gasteiger partial charge in [0.05, 0.1) is 31.7 Å². The van der Waals surface area contributed by atoms with E-state index in [0.717, 1.165) is 35.4 Å². The molecule has 0 saturated heterocycles. The molecule has 2 heterocycles. The van der Waals surface area contributed by atoms with E-state index < -0.39 is 0 Å². The molecule has 4 nitrogen and oxygen atoms in total. The quantitative estimate of drug-likeness (QED) is 0.931. The highest BCUT2D eigenvalue weighted by Gasteiger charge is 2.26. The van der Waals surface area contributed by atoms with Gasteiger partial charge in [-0.15, -0.1) is 0 Å². The van der Waals surface area contributed by atoms with Crippen LogP contribution in [-0.4, -0.2) is 24.7 Å². The van der Waals surface area contributed by atoms with Crippen LogP contribution in [0.4, 0.5) is 5.69 Å². The zero-order valence-electron chi connectivity index (χ0n) is 11.6. The van der Waals surface area contributed by atoms with Gasteiger partial charge in [0.15, 0.2) is 0 Å². The fraction of sp³-hybridized carbons (Fsp3) is 0.438. The van der Waals surface area contributed by atoms with Crippen molar-refractivity contribution >= 4 is 16.6 Å². The van der Waals surface area contributed by atoms with Crippen LogP contribution in [0.25, 0.3) is 10.9 Å². The Morgan fingerprint density at radius 1 is 1.35 bits per heavy atom. The van der Waals surface area contributed by atoms with Crippen molar-refractivity contribution in [2.75, 3.05) is 19.0 Å². The molecule has 1 aliphatic heterocycles. The van der Waals surface area contributed by atoms with Crippen LogP contribution in [0.5, 0.6) is 5.75 Å². The Balaban J connectivity index is 1.97. The van der Waals surface area contributed by atoms with Crippen molar-refractivity contribution in [1.29, 1.82) is 0 Å². The lowest BCUT2D eigenvalue weighted by Gasteiger charge is -2.22. The molecule has 0 atom stereocenters. The Bertz CT molecular complexity index is 665. The topological polar surface area (TPSA) is 43.4 Å². The second kappa shape index (κ2) is 4.63. The molecular weight excluding hydrogens is 252 g/mol. The monoisotopic (exact) mass is 270 g/mol. The highest BCUT2D eigenvalue weighted by atomic mass is 16.5. The van der Waals surface area contributed by atoms with E-state index in [0.29, 0.717) is 12.6 Å². The summed E-state index contributed by atoms with van der Waals surface area (Å²) in [7, 11) is 1.70. The number of ether oxygens (including phenoxy) is 2. The van der Waals surface area contributed by atoms with Crippen LogP contribution < -0.4 is 10.1 Å². The van der Waals surface area contributed by atoms with E-state index in [1.807, 2.05) is 12.1 Å². The van der Waals surface area contributed by atoms with Crippen molar-refractivity contribution in [3.8, 4) is 5.75 Å². The number of pyridine rings is 1. The lowest BCUT2D eigenvalue weighted by Crippen LogP contribution is -2.16. The van der Waals surface area contributed by atoms with Crippen molar-refractivity contribution in [1.82, 2.24) is 4.98 Å². The highest BCUT2D eigenvalue weighted by Crippen LogP contribution is 2.37. The van der Waals surface area contributed by atoms with Crippen molar-refractivity contribution < 1.29 is 9.47 Å². The van der Waals surface area contributed by atoms with E-state index in [9.17, 15) is 0 Å². The number of nitrogens with zero attached hydrogens (tertiary/aromatic N) is 1. The fourth-order valence-corrected chi connectivity index (χ4v) is 2.82. The van der Waals surface area contributed by atoms with Crippen LogP contribution in [0.1, 0.15) is 24.1 Å². The molecule has 1 aliphatic carbocycles. The maximum Gasteiger partial charge on any atom is 0.145 e. The number of hydrogen-bond acceptors (Lipinski definition) is 4. The molecule has 20 heavy (non-hydrogen) atoms. The molecule has 1 aromatic carbocycles. The van der Waals surface area contributed by atoms with Gasteiger partial charge in [-0.3, -0.25) is 0 Å². The van der Waals surface area contributed by atoms with E-state index in [1.165, 1.54) is 24.1 Å². The fourth-order valence-electron chi connectivity index (χ4n) is 2.82. The Morgan fingerprint density at radius 3 is 3.05 bits per heavy atom. The van der Waals surface area contributed by atoms with Gasteiger partial charge in [-0.1, -0.05) is 12.1 Å². The Morgan fingerprint density at radius 2 is 2.25 bits per heavy atom. The number of nitrogens with one attached hydrogen (secondary N) is 1. The summed E-state index contributed by atoms with van der Waals surface area (Å²) in [5, 5.41) is 4.80. The number of anilines is 1. The second-order valence-electron chi connectivity index (χ2n) is 5.49. The van der Waals surface area contributed by atoms with Crippen molar-refractivity contribution in [3.05, 3.63) is 29.5 Å². The first-order chi connectivity index (χ1) is 9.86.